The molecule has 24 heavy (non-hydrogen) atoms. The molecule has 0 spiro atoms. The highest BCUT2D eigenvalue weighted by molar-refractivity contribution is 6.09. The predicted molar refractivity (Wildman–Crippen MR) is 88.0 cm³/mol. The summed E-state index contributed by atoms with van der Waals surface area (Å²) in [5, 5.41) is 2.71. The van der Waals surface area contributed by atoms with Crippen molar-refractivity contribution in [3.05, 3.63) is 59.4 Å². The first-order valence-electron chi connectivity index (χ1n) is 7.18. The van der Waals surface area contributed by atoms with E-state index in [-0.39, 0.29) is 5.76 Å². The number of hydrogen-bond donors (Lipinski definition) is 1. The van der Waals surface area contributed by atoms with Gasteiger partial charge < -0.3 is 19.5 Å². The molecule has 6 heteroatoms. The van der Waals surface area contributed by atoms with Gasteiger partial charge in [-0.15, -0.1) is 0 Å². The molecule has 0 bridgehead atoms. The van der Waals surface area contributed by atoms with E-state index in [1.807, 2.05) is 18.2 Å². The Morgan fingerprint density at radius 1 is 1.17 bits per heavy atom. The SMILES string of the molecule is COC(=O)c1ccc2c(c1)NC(=O)C(=Cc1ccccc1OC)O2. The van der Waals surface area contributed by atoms with Gasteiger partial charge in [0.2, 0.25) is 0 Å². The fourth-order valence-electron chi connectivity index (χ4n) is 2.33. The molecule has 2 aromatic rings. The summed E-state index contributed by atoms with van der Waals surface area (Å²) in [7, 11) is 2.85. The van der Waals surface area contributed by atoms with Crippen LogP contribution in [0.4, 0.5) is 5.69 Å². The second-order valence-electron chi connectivity index (χ2n) is 5.01. The van der Waals surface area contributed by atoms with E-state index in [1.165, 1.54) is 13.2 Å². The molecule has 1 amide bonds. The molecule has 122 valence electrons. The standard InChI is InChI=1S/C18H15NO5/c1-22-14-6-4-3-5-11(14)10-16-17(20)19-13-9-12(18(21)23-2)7-8-15(13)24-16/h3-10H,1-2H3,(H,19,20). The topological polar surface area (TPSA) is 73.9 Å². The van der Waals surface area contributed by atoms with Gasteiger partial charge in [-0.25, -0.2) is 4.79 Å². The highest BCUT2D eigenvalue weighted by Gasteiger charge is 2.23. The van der Waals surface area contributed by atoms with Crippen LogP contribution in [-0.2, 0) is 9.53 Å². The van der Waals surface area contributed by atoms with Gasteiger partial charge in [0, 0.05) is 5.56 Å². The number of ether oxygens (including phenoxy) is 3. The fraction of sp³-hybridized carbons (Fsp3) is 0.111. The molecular formula is C18H15NO5. The Labute approximate surface area is 138 Å². The quantitative estimate of drug-likeness (QED) is 0.694. The maximum absolute atomic E-state index is 12.3. The highest BCUT2D eigenvalue weighted by atomic mass is 16.5. The molecule has 0 aromatic heterocycles. The van der Waals surface area contributed by atoms with Crippen molar-refractivity contribution in [3.8, 4) is 11.5 Å². The number of nitrogens with one attached hydrogen (secondary N) is 1. The molecule has 3 rings (SSSR count). The number of esters is 1. The first kappa shape index (κ1) is 15.6. The van der Waals surface area contributed by atoms with Gasteiger partial charge in [-0.2, -0.15) is 0 Å². The van der Waals surface area contributed by atoms with Crippen molar-refractivity contribution >= 4 is 23.6 Å². The van der Waals surface area contributed by atoms with Crippen molar-refractivity contribution in [1.29, 1.82) is 0 Å². The summed E-state index contributed by atoms with van der Waals surface area (Å²) >= 11 is 0. The first-order valence-corrected chi connectivity index (χ1v) is 7.18. The van der Waals surface area contributed by atoms with Crippen LogP contribution >= 0.6 is 0 Å². The summed E-state index contributed by atoms with van der Waals surface area (Å²) in [6, 6.07) is 12.0. The van der Waals surface area contributed by atoms with Crippen LogP contribution in [0.5, 0.6) is 11.5 Å². The van der Waals surface area contributed by atoms with E-state index in [2.05, 4.69) is 10.1 Å². The largest absolute Gasteiger partial charge is 0.496 e. The third-order valence-corrected chi connectivity index (χ3v) is 3.52. The number of benzene rings is 2. The summed E-state index contributed by atoms with van der Waals surface area (Å²) in [4.78, 5) is 23.8. The van der Waals surface area contributed by atoms with Crippen molar-refractivity contribution in [3.63, 3.8) is 0 Å². The molecule has 1 aliphatic heterocycles. The number of amides is 1. The lowest BCUT2D eigenvalue weighted by atomic mass is 10.1. The van der Waals surface area contributed by atoms with Gasteiger partial charge in [-0.05, 0) is 30.3 Å². The number of methoxy groups -OCH3 is 2. The summed E-state index contributed by atoms with van der Waals surface area (Å²) in [5.41, 5.74) is 1.47. The average molecular weight is 325 g/mol. The van der Waals surface area contributed by atoms with E-state index in [0.29, 0.717) is 22.7 Å². The van der Waals surface area contributed by atoms with E-state index < -0.39 is 11.9 Å². The fourth-order valence-corrected chi connectivity index (χ4v) is 2.33. The third kappa shape index (κ3) is 2.94. The van der Waals surface area contributed by atoms with E-state index in [9.17, 15) is 9.59 Å². The molecule has 0 saturated heterocycles. The van der Waals surface area contributed by atoms with E-state index in [4.69, 9.17) is 9.47 Å². The van der Waals surface area contributed by atoms with Crippen LogP contribution in [-0.4, -0.2) is 26.1 Å². The smallest absolute Gasteiger partial charge is 0.337 e. The average Bonchev–Trinajstić information content (AvgIpc) is 2.61. The summed E-state index contributed by atoms with van der Waals surface area (Å²) in [6.45, 7) is 0. The van der Waals surface area contributed by atoms with Crippen LogP contribution in [0, 0.1) is 0 Å². The zero-order chi connectivity index (χ0) is 17.1. The Kier molecular flexibility index (Phi) is 4.20. The van der Waals surface area contributed by atoms with Gasteiger partial charge >= 0.3 is 5.97 Å². The molecule has 6 nitrogen and oxygen atoms in total. The van der Waals surface area contributed by atoms with Crippen LogP contribution in [0.3, 0.4) is 0 Å². The molecule has 0 aliphatic carbocycles. The molecule has 1 heterocycles. The van der Waals surface area contributed by atoms with E-state index in [0.717, 1.165) is 5.56 Å². The van der Waals surface area contributed by atoms with Gasteiger partial charge in [-0.3, -0.25) is 4.79 Å². The Morgan fingerprint density at radius 3 is 2.71 bits per heavy atom. The van der Waals surface area contributed by atoms with E-state index >= 15 is 0 Å². The Balaban J connectivity index is 1.94. The Hall–Kier alpha value is -3.28. The van der Waals surface area contributed by atoms with Crippen LogP contribution in [0.1, 0.15) is 15.9 Å². The molecule has 0 unspecified atom stereocenters. The molecular weight excluding hydrogens is 310 g/mol. The van der Waals surface area contributed by atoms with Gasteiger partial charge in [0.15, 0.2) is 11.5 Å². The van der Waals surface area contributed by atoms with Crippen molar-refractivity contribution in [2.45, 2.75) is 0 Å². The molecule has 1 aliphatic rings. The predicted octanol–water partition coefficient (Wildman–Crippen LogP) is 2.85. The summed E-state index contributed by atoms with van der Waals surface area (Å²) in [5.74, 6) is 0.326. The second kappa shape index (κ2) is 6.45. The van der Waals surface area contributed by atoms with Crippen LogP contribution < -0.4 is 14.8 Å². The molecule has 0 atom stereocenters. The maximum Gasteiger partial charge on any atom is 0.337 e. The Bertz CT molecular complexity index is 841. The normalized spacial score (nSPS) is 14.4. The zero-order valence-electron chi connectivity index (χ0n) is 13.2. The minimum atomic E-state index is -0.484. The molecule has 0 saturated carbocycles. The molecule has 1 N–H and O–H groups in total. The monoisotopic (exact) mass is 325 g/mol. The molecule has 2 aromatic carbocycles. The number of para-hydroxylation sites is 1. The number of rotatable bonds is 3. The lowest BCUT2D eigenvalue weighted by Gasteiger charge is -2.20. The number of carbonyl (C=O) groups is 2. The number of anilines is 1. The summed E-state index contributed by atoms with van der Waals surface area (Å²) < 4.78 is 15.6. The van der Waals surface area contributed by atoms with Crippen molar-refractivity contribution in [2.24, 2.45) is 0 Å². The van der Waals surface area contributed by atoms with Crippen molar-refractivity contribution < 1.29 is 23.8 Å². The number of hydrogen-bond acceptors (Lipinski definition) is 5. The van der Waals surface area contributed by atoms with Gasteiger partial charge in [0.25, 0.3) is 5.91 Å². The summed E-state index contributed by atoms with van der Waals surface area (Å²) in [6.07, 6.45) is 1.60. The zero-order valence-corrected chi connectivity index (χ0v) is 13.2. The van der Waals surface area contributed by atoms with Crippen molar-refractivity contribution in [2.75, 3.05) is 19.5 Å². The minimum absolute atomic E-state index is 0.137. The maximum atomic E-state index is 12.3. The number of carbonyl (C=O) groups excluding carboxylic acids is 2. The molecule has 0 fully saturated rings. The first-order chi connectivity index (χ1) is 11.6. The van der Waals surface area contributed by atoms with Crippen LogP contribution in [0.25, 0.3) is 6.08 Å². The minimum Gasteiger partial charge on any atom is -0.496 e. The lowest BCUT2D eigenvalue weighted by Crippen LogP contribution is -2.23. The second-order valence-corrected chi connectivity index (χ2v) is 5.01. The van der Waals surface area contributed by atoms with Gasteiger partial charge in [0.1, 0.15) is 5.75 Å². The lowest BCUT2D eigenvalue weighted by molar-refractivity contribution is -0.115. The van der Waals surface area contributed by atoms with Crippen LogP contribution in [0.2, 0.25) is 0 Å². The third-order valence-electron chi connectivity index (χ3n) is 3.52. The highest BCUT2D eigenvalue weighted by Crippen LogP contribution is 2.33. The van der Waals surface area contributed by atoms with Crippen LogP contribution in [0.15, 0.2) is 48.2 Å². The van der Waals surface area contributed by atoms with E-state index in [1.54, 1.807) is 31.4 Å². The van der Waals surface area contributed by atoms with Gasteiger partial charge in [0.05, 0.1) is 25.5 Å². The number of fused-ring (bicyclic) bond motifs is 1. The van der Waals surface area contributed by atoms with Gasteiger partial charge in [-0.1, -0.05) is 18.2 Å². The van der Waals surface area contributed by atoms with Crippen molar-refractivity contribution in [1.82, 2.24) is 0 Å². The Morgan fingerprint density at radius 2 is 1.96 bits per heavy atom. The molecule has 0 radical (unpaired) electrons.